The van der Waals surface area contributed by atoms with Crippen molar-refractivity contribution in [1.29, 1.82) is 0 Å². The van der Waals surface area contributed by atoms with E-state index in [1.165, 1.54) is 6.33 Å². The number of nitrogens with zero attached hydrogens (tertiary/aromatic N) is 1. The van der Waals surface area contributed by atoms with Gasteiger partial charge in [0.15, 0.2) is 0 Å². The molecule has 0 spiro atoms. The Labute approximate surface area is 314 Å². The molecule has 3 amide bonds. The summed E-state index contributed by atoms with van der Waals surface area (Å²) in [5.74, 6) is -2.08. The van der Waals surface area contributed by atoms with Gasteiger partial charge in [-0.15, -0.1) is 0 Å². The van der Waals surface area contributed by atoms with Gasteiger partial charge in [-0.3, -0.25) is 14.4 Å². The maximum atomic E-state index is 14.2. The highest BCUT2D eigenvalue weighted by Gasteiger charge is 2.33. The summed E-state index contributed by atoms with van der Waals surface area (Å²) in [7, 11) is 0. The molecule has 0 aliphatic heterocycles. The molecular formula is C42H47N5O7. The molecule has 0 saturated heterocycles. The fourth-order valence-electron chi connectivity index (χ4n) is 6.13. The number of aromatic nitrogens is 2. The number of hydrogen-bond donors (Lipinski definition) is 5. The summed E-state index contributed by atoms with van der Waals surface area (Å²) in [6, 6.07) is 28.7. The molecule has 0 saturated carbocycles. The van der Waals surface area contributed by atoms with E-state index in [1.807, 2.05) is 117 Å². The molecule has 1 heterocycles. The first-order valence-corrected chi connectivity index (χ1v) is 18.1. The van der Waals surface area contributed by atoms with Gasteiger partial charge < -0.3 is 35.5 Å². The first-order valence-electron chi connectivity index (χ1n) is 18.1. The van der Waals surface area contributed by atoms with Crippen LogP contribution in [0.2, 0.25) is 0 Å². The molecule has 0 radical (unpaired) electrons. The Kier molecular flexibility index (Phi) is 14.3. The summed E-state index contributed by atoms with van der Waals surface area (Å²) in [5, 5.41) is 21.6. The van der Waals surface area contributed by atoms with Gasteiger partial charge in [0.05, 0.1) is 30.6 Å². The fourth-order valence-corrected chi connectivity index (χ4v) is 6.13. The highest BCUT2D eigenvalue weighted by Crippen LogP contribution is 2.21. The Morgan fingerprint density at radius 1 is 0.741 bits per heavy atom. The van der Waals surface area contributed by atoms with Gasteiger partial charge in [0, 0.05) is 19.0 Å². The lowest BCUT2D eigenvalue weighted by Gasteiger charge is -2.31. The maximum absolute atomic E-state index is 14.2. The monoisotopic (exact) mass is 733 g/mol. The number of carbonyl (C=O) groups is 4. The number of H-pyrrole nitrogens is 1. The smallest absolute Gasteiger partial charge is 0.408 e. The number of benzene rings is 4. The first-order chi connectivity index (χ1) is 26.2. The maximum Gasteiger partial charge on any atom is 0.408 e. The lowest BCUT2D eigenvalue weighted by molar-refractivity contribution is -0.148. The van der Waals surface area contributed by atoms with Gasteiger partial charge in [-0.1, -0.05) is 123 Å². The third-order valence-electron chi connectivity index (χ3n) is 9.33. The summed E-state index contributed by atoms with van der Waals surface area (Å²) in [6.07, 6.45) is 1.35. The molecule has 5 rings (SSSR count). The molecule has 5 atom stereocenters. The second-order valence-corrected chi connectivity index (χ2v) is 13.3. The zero-order valence-electron chi connectivity index (χ0n) is 30.4. The predicted molar refractivity (Wildman–Crippen MR) is 204 cm³/mol. The Morgan fingerprint density at radius 2 is 1.35 bits per heavy atom. The SMILES string of the molecule is CCC(C)[C@H](NC(=O)C(Cc1c[nH]cn1)NC(=O)[C@@H](Cc1cccc2ccccc12)NC(=O)OCc1ccccc1)[C@@H](O)CC(=O)OCc1ccccc1. The Hall–Kier alpha value is -6.01. The van der Waals surface area contributed by atoms with E-state index < -0.39 is 48.1 Å². The van der Waals surface area contributed by atoms with E-state index in [1.54, 1.807) is 6.20 Å². The number of ether oxygens (including phenoxy) is 2. The quantitative estimate of drug-likeness (QED) is 0.0770. The van der Waals surface area contributed by atoms with Crippen molar-refractivity contribution >= 4 is 34.6 Å². The normalized spacial score (nSPS) is 13.8. The molecule has 2 unspecified atom stereocenters. The van der Waals surface area contributed by atoms with Crippen molar-refractivity contribution in [1.82, 2.24) is 25.9 Å². The molecule has 1 aromatic heterocycles. The van der Waals surface area contributed by atoms with Gasteiger partial charge in [0.2, 0.25) is 11.8 Å². The molecule has 282 valence electrons. The number of aromatic amines is 1. The van der Waals surface area contributed by atoms with Crippen LogP contribution in [-0.2, 0) is 49.9 Å². The lowest BCUT2D eigenvalue weighted by Crippen LogP contribution is -2.58. The van der Waals surface area contributed by atoms with E-state index in [2.05, 4.69) is 25.9 Å². The molecular weight excluding hydrogens is 686 g/mol. The standard InChI is InChI=1S/C42H47N5O7/c1-3-28(2)39(37(48)23-38(49)53-25-29-13-6-4-7-14-29)47-41(51)36(22-33-24-43-27-44-33)45-40(50)35(46-42(52)54-26-30-15-8-5-9-16-30)21-32-19-12-18-31-17-10-11-20-34(31)32/h4-20,24,27-28,35-37,39,48H,3,21-23,25-26H2,1-2H3,(H,43,44)(H,45,50)(H,46,52)(H,47,51)/t28?,35-,36?,37+,39+/m1/s1. The highest BCUT2D eigenvalue weighted by atomic mass is 16.5. The predicted octanol–water partition coefficient (Wildman–Crippen LogP) is 5.15. The summed E-state index contributed by atoms with van der Waals surface area (Å²) in [4.78, 5) is 61.2. The molecule has 5 aromatic rings. The Bertz CT molecular complexity index is 1950. The number of nitrogens with one attached hydrogen (secondary N) is 4. The number of fused-ring (bicyclic) bond motifs is 1. The van der Waals surface area contributed by atoms with Gasteiger partial charge >= 0.3 is 12.1 Å². The van der Waals surface area contributed by atoms with E-state index in [-0.39, 0.29) is 38.4 Å². The second kappa shape index (κ2) is 19.7. The number of aliphatic hydroxyl groups excluding tert-OH is 1. The number of aliphatic hydroxyl groups is 1. The molecule has 5 N–H and O–H groups in total. The molecule has 4 aromatic carbocycles. The summed E-state index contributed by atoms with van der Waals surface area (Å²) in [6.45, 7) is 3.82. The van der Waals surface area contributed by atoms with Gasteiger partial charge in [-0.25, -0.2) is 9.78 Å². The molecule has 54 heavy (non-hydrogen) atoms. The van der Waals surface area contributed by atoms with Gasteiger partial charge in [0.25, 0.3) is 0 Å². The molecule has 0 fully saturated rings. The second-order valence-electron chi connectivity index (χ2n) is 13.3. The molecule has 12 nitrogen and oxygen atoms in total. The Balaban J connectivity index is 1.33. The van der Waals surface area contributed by atoms with Crippen molar-refractivity contribution in [2.24, 2.45) is 5.92 Å². The van der Waals surface area contributed by atoms with Crippen LogP contribution in [-0.4, -0.2) is 63.2 Å². The minimum atomic E-state index is -1.27. The summed E-state index contributed by atoms with van der Waals surface area (Å²) < 4.78 is 10.9. The van der Waals surface area contributed by atoms with Crippen molar-refractivity contribution < 1.29 is 33.8 Å². The topological polar surface area (TPSA) is 172 Å². The van der Waals surface area contributed by atoms with Crippen LogP contribution in [0.15, 0.2) is 116 Å². The zero-order chi connectivity index (χ0) is 38.3. The van der Waals surface area contributed by atoms with Crippen LogP contribution in [0.1, 0.15) is 49.1 Å². The number of rotatable bonds is 18. The van der Waals surface area contributed by atoms with Crippen LogP contribution >= 0.6 is 0 Å². The zero-order valence-corrected chi connectivity index (χ0v) is 30.4. The van der Waals surface area contributed by atoms with E-state index >= 15 is 0 Å². The van der Waals surface area contributed by atoms with Crippen molar-refractivity contribution in [3.63, 3.8) is 0 Å². The highest BCUT2D eigenvalue weighted by molar-refractivity contribution is 5.93. The van der Waals surface area contributed by atoms with E-state index in [0.29, 0.717) is 12.1 Å². The van der Waals surface area contributed by atoms with Crippen LogP contribution in [0.3, 0.4) is 0 Å². The molecule has 0 bridgehead atoms. The number of hydrogen-bond acceptors (Lipinski definition) is 8. The third kappa shape index (κ3) is 11.5. The first kappa shape index (κ1) is 39.2. The van der Waals surface area contributed by atoms with Crippen LogP contribution in [0.5, 0.6) is 0 Å². The van der Waals surface area contributed by atoms with E-state index in [9.17, 15) is 24.3 Å². The number of esters is 1. The molecule has 0 aliphatic rings. The number of imidazole rings is 1. The summed E-state index contributed by atoms with van der Waals surface area (Å²) in [5.41, 5.74) is 2.90. The van der Waals surface area contributed by atoms with Crippen LogP contribution in [0, 0.1) is 5.92 Å². The third-order valence-corrected chi connectivity index (χ3v) is 9.33. The van der Waals surface area contributed by atoms with Gasteiger partial charge in [0.1, 0.15) is 25.3 Å². The number of carbonyl (C=O) groups excluding carboxylic acids is 4. The van der Waals surface area contributed by atoms with Crippen molar-refractivity contribution in [3.05, 3.63) is 138 Å². The minimum absolute atomic E-state index is 0.00139. The van der Waals surface area contributed by atoms with Crippen molar-refractivity contribution in [3.8, 4) is 0 Å². The van der Waals surface area contributed by atoms with E-state index in [0.717, 1.165) is 27.5 Å². The summed E-state index contributed by atoms with van der Waals surface area (Å²) >= 11 is 0. The Morgan fingerprint density at radius 3 is 2.02 bits per heavy atom. The number of amides is 3. The van der Waals surface area contributed by atoms with Crippen LogP contribution in [0.25, 0.3) is 10.8 Å². The average molecular weight is 734 g/mol. The van der Waals surface area contributed by atoms with Crippen molar-refractivity contribution in [2.45, 2.75) is 77.0 Å². The van der Waals surface area contributed by atoms with E-state index in [4.69, 9.17) is 9.47 Å². The largest absolute Gasteiger partial charge is 0.461 e. The average Bonchev–Trinajstić information content (AvgIpc) is 3.71. The number of alkyl carbamates (subject to hydrolysis) is 1. The fraction of sp³-hybridized carbons (Fsp3) is 0.310. The molecule has 0 aliphatic carbocycles. The lowest BCUT2D eigenvalue weighted by atomic mass is 9.92. The van der Waals surface area contributed by atoms with Crippen LogP contribution in [0.4, 0.5) is 4.79 Å². The van der Waals surface area contributed by atoms with Gasteiger partial charge in [-0.2, -0.15) is 0 Å². The van der Waals surface area contributed by atoms with Crippen LogP contribution < -0.4 is 16.0 Å². The van der Waals surface area contributed by atoms with Crippen molar-refractivity contribution in [2.75, 3.05) is 0 Å². The van der Waals surface area contributed by atoms with Gasteiger partial charge in [-0.05, 0) is 33.4 Å². The molecule has 12 heteroatoms. The minimum Gasteiger partial charge on any atom is -0.461 e.